The van der Waals surface area contributed by atoms with Crippen LogP contribution < -0.4 is 20.1 Å². The van der Waals surface area contributed by atoms with Gasteiger partial charge in [0, 0.05) is 13.0 Å². The molecule has 0 aromatic heterocycles. The van der Waals surface area contributed by atoms with Crippen LogP contribution in [0.2, 0.25) is 0 Å². The minimum atomic E-state index is -0.333. The Bertz CT molecular complexity index is 510. The first-order chi connectivity index (χ1) is 10.2. The lowest BCUT2D eigenvalue weighted by atomic mass is 10.3. The Morgan fingerprint density at radius 3 is 2.95 bits per heavy atom. The van der Waals surface area contributed by atoms with Gasteiger partial charge in [-0.15, -0.1) is 0 Å². The molecule has 0 amide bonds. The van der Waals surface area contributed by atoms with Crippen molar-refractivity contribution in [3.05, 3.63) is 24.3 Å². The zero-order valence-corrected chi connectivity index (χ0v) is 12.6. The van der Waals surface area contributed by atoms with Crippen molar-refractivity contribution in [3.63, 3.8) is 0 Å². The number of ether oxygens (including phenoxy) is 3. The van der Waals surface area contributed by atoms with E-state index >= 15 is 0 Å². The standard InChI is InChI=1S/C14H18N2O4S/c1-18-13(17)7-4-8-15-14(21)16-12-9-19-10-5-2-3-6-11(10)20-12/h2-3,5-6,12H,4,7-9H2,1H3,(H2,15,16,21). The molecule has 0 fully saturated rings. The van der Waals surface area contributed by atoms with Crippen LogP contribution in [-0.2, 0) is 9.53 Å². The van der Waals surface area contributed by atoms with Crippen molar-refractivity contribution >= 4 is 23.3 Å². The lowest BCUT2D eigenvalue weighted by Crippen LogP contribution is -2.49. The Morgan fingerprint density at radius 2 is 2.19 bits per heavy atom. The van der Waals surface area contributed by atoms with Crippen molar-refractivity contribution in [2.24, 2.45) is 0 Å². The summed E-state index contributed by atoms with van der Waals surface area (Å²) in [6.07, 6.45) is 0.683. The molecule has 0 saturated carbocycles. The summed E-state index contributed by atoms with van der Waals surface area (Å²) in [7, 11) is 1.38. The van der Waals surface area contributed by atoms with Crippen LogP contribution in [0.1, 0.15) is 12.8 Å². The number of para-hydroxylation sites is 2. The second kappa shape index (κ2) is 7.68. The number of esters is 1. The molecule has 0 aliphatic carbocycles. The first kappa shape index (κ1) is 15.4. The average Bonchev–Trinajstić information content (AvgIpc) is 2.51. The Balaban J connectivity index is 1.68. The molecule has 1 aliphatic heterocycles. The molecule has 114 valence electrons. The van der Waals surface area contributed by atoms with Gasteiger partial charge in [0.25, 0.3) is 0 Å². The van der Waals surface area contributed by atoms with E-state index in [9.17, 15) is 4.79 Å². The number of carbonyl (C=O) groups excluding carboxylic acids is 1. The van der Waals surface area contributed by atoms with Crippen LogP contribution in [0.25, 0.3) is 0 Å². The summed E-state index contributed by atoms with van der Waals surface area (Å²) in [6.45, 7) is 0.964. The number of hydrogen-bond acceptors (Lipinski definition) is 5. The fraction of sp³-hybridized carbons (Fsp3) is 0.429. The van der Waals surface area contributed by atoms with Gasteiger partial charge in [0.2, 0.25) is 6.23 Å². The highest BCUT2D eigenvalue weighted by atomic mass is 32.1. The highest BCUT2D eigenvalue weighted by Crippen LogP contribution is 2.30. The molecule has 1 aromatic rings. The minimum absolute atomic E-state index is 0.226. The molecular formula is C14H18N2O4S. The number of fused-ring (bicyclic) bond motifs is 1. The van der Waals surface area contributed by atoms with E-state index in [1.54, 1.807) is 0 Å². The van der Waals surface area contributed by atoms with Crippen LogP contribution in [0.5, 0.6) is 11.5 Å². The fourth-order valence-electron chi connectivity index (χ4n) is 1.82. The number of thiocarbonyl (C=S) groups is 1. The molecule has 0 bridgehead atoms. The first-order valence-corrected chi connectivity index (χ1v) is 7.09. The van der Waals surface area contributed by atoms with Crippen molar-refractivity contribution in [1.29, 1.82) is 0 Å². The summed E-state index contributed by atoms with van der Waals surface area (Å²) in [4.78, 5) is 11.0. The van der Waals surface area contributed by atoms with E-state index in [0.29, 0.717) is 36.9 Å². The summed E-state index contributed by atoms with van der Waals surface area (Å²) in [5.41, 5.74) is 0. The highest BCUT2D eigenvalue weighted by molar-refractivity contribution is 7.80. The van der Waals surface area contributed by atoms with Crippen molar-refractivity contribution in [3.8, 4) is 11.5 Å². The summed E-state index contributed by atoms with van der Waals surface area (Å²) in [6, 6.07) is 7.47. The summed E-state index contributed by atoms with van der Waals surface area (Å²) in [5, 5.41) is 6.49. The minimum Gasteiger partial charge on any atom is -0.484 e. The van der Waals surface area contributed by atoms with E-state index in [4.69, 9.17) is 21.7 Å². The van der Waals surface area contributed by atoms with Crippen LogP contribution in [-0.4, -0.2) is 37.6 Å². The lowest BCUT2D eigenvalue weighted by molar-refractivity contribution is -0.140. The van der Waals surface area contributed by atoms with E-state index in [-0.39, 0.29) is 12.2 Å². The largest absolute Gasteiger partial charge is 0.484 e. The van der Waals surface area contributed by atoms with Gasteiger partial charge >= 0.3 is 5.97 Å². The molecule has 1 aromatic carbocycles. The molecule has 7 heteroatoms. The van der Waals surface area contributed by atoms with Crippen molar-refractivity contribution < 1.29 is 19.0 Å². The summed E-state index contributed by atoms with van der Waals surface area (Å²) in [5.74, 6) is 1.19. The zero-order valence-electron chi connectivity index (χ0n) is 11.8. The third-order valence-electron chi connectivity index (χ3n) is 2.87. The molecule has 1 heterocycles. The molecular weight excluding hydrogens is 292 g/mol. The topological polar surface area (TPSA) is 68.8 Å². The first-order valence-electron chi connectivity index (χ1n) is 6.68. The van der Waals surface area contributed by atoms with Gasteiger partial charge in [-0.1, -0.05) is 12.1 Å². The van der Waals surface area contributed by atoms with Gasteiger partial charge in [-0.2, -0.15) is 0 Å². The maximum atomic E-state index is 11.0. The molecule has 0 saturated heterocycles. The number of nitrogens with one attached hydrogen (secondary N) is 2. The van der Waals surface area contributed by atoms with E-state index in [1.165, 1.54) is 7.11 Å². The van der Waals surface area contributed by atoms with Crippen molar-refractivity contribution in [2.45, 2.75) is 19.1 Å². The predicted octanol–water partition coefficient (Wildman–Crippen LogP) is 1.20. The Kier molecular flexibility index (Phi) is 5.62. The average molecular weight is 310 g/mol. The van der Waals surface area contributed by atoms with Gasteiger partial charge in [-0.3, -0.25) is 4.79 Å². The van der Waals surface area contributed by atoms with Crippen LogP contribution in [0.15, 0.2) is 24.3 Å². The van der Waals surface area contributed by atoms with Crippen molar-refractivity contribution in [1.82, 2.24) is 10.6 Å². The van der Waals surface area contributed by atoms with Crippen LogP contribution >= 0.6 is 12.2 Å². The number of methoxy groups -OCH3 is 1. The van der Waals surface area contributed by atoms with Gasteiger partial charge < -0.3 is 24.8 Å². The van der Waals surface area contributed by atoms with Crippen LogP contribution in [0.4, 0.5) is 0 Å². The zero-order chi connectivity index (χ0) is 15.1. The highest BCUT2D eigenvalue weighted by Gasteiger charge is 2.20. The van der Waals surface area contributed by atoms with Gasteiger partial charge in [0.05, 0.1) is 7.11 Å². The summed E-state index contributed by atoms with van der Waals surface area (Å²) < 4.78 is 15.9. The number of rotatable bonds is 5. The molecule has 0 spiro atoms. The Labute approximate surface area is 128 Å². The van der Waals surface area contributed by atoms with Gasteiger partial charge in [-0.25, -0.2) is 0 Å². The van der Waals surface area contributed by atoms with E-state index in [2.05, 4.69) is 15.4 Å². The second-order valence-electron chi connectivity index (χ2n) is 4.44. The van der Waals surface area contributed by atoms with Crippen LogP contribution in [0.3, 0.4) is 0 Å². The Morgan fingerprint density at radius 1 is 1.43 bits per heavy atom. The quantitative estimate of drug-likeness (QED) is 0.481. The number of hydrogen-bond donors (Lipinski definition) is 2. The maximum Gasteiger partial charge on any atom is 0.305 e. The SMILES string of the molecule is COC(=O)CCCNC(=S)NC1COc2ccccc2O1. The number of carbonyl (C=O) groups is 1. The molecule has 1 unspecified atom stereocenters. The van der Waals surface area contributed by atoms with Gasteiger partial charge in [-0.05, 0) is 30.8 Å². The van der Waals surface area contributed by atoms with E-state index in [0.717, 1.165) is 5.75 Å². The van der Waals surface area contributed by atoms with Crippen molar-refractivity contribution in [2.75, 3.05) is 20.3 Å². The fourth-order valence-corrected chi connectivity index (χ4v) is 2.06. The Hall–Kier alpha value is -2.02. The lowest BCUT2D eigenvalue weighted by Gasteiger charge is -2.27. The maximum absolute atomic E-state index is 11.0. The normalized spacial score (nSPS) is 16.0. The second-order valence-corrected chi connectivity index (χ2v) is 4.85. The van der Waals surface area contributed by atoms with Gasteiger partial charge in [0.1, 0.15) is 6.61 Å². The molecule has 21 heavy (non-hydrogen) atoms. The molecule has 0 radical (unpaired) electrons. The third kappa shape index (κ3) is 4.78. The van der Waals surface area contributed by atoms with E-state index in [1.807, 2.05) is 24.3 Å². The van der Waals surface area contributed by atoms with Gasteiger partial charge in [0.15, 0.2) is 16.6 Å². The monoisotopic (exact) mass is 310 g/mol. The summed E-state index contributed by atoms with van der Waals surface area (Å²) >= 11 is 5.17. The smallest absolute Gasteiger partial charge is 0.305 e. The number of benzene rings is 1. The van der Waals surface area contributed by atoms with Crippen LogP contribution in [0, 0.1) is 0 Å². The third-order valence-corrected chi connectivity index (χ3v) is 3.13. The molecule has 1 aliphatic rings. The molecule has 2 N–H and O–H groups in total. The molecule has 6 nitrogen and oxygen atoms in total. The van der Waals surface area contributed by atoms with E-state index < -0.39 is 0 Å². The molecule has 2 rings (SSSR count). The predicted molar refractivity (Wildman–Crippen MR) is 81.3 cm³/mol. The molecule has 1 atom stereocenters.